The molecule has 0 saturated carbocycles. The number of rotatable bonds is 11. The van der Waals surface area contributed by atoms with Crippen molar-refractivity contribution in [3.05, 3.63) is 94.8 Å². The SMILES string of the molecule is CC[C@H](C)NC(=O)[C@H](C)N(Cc1ccc(F)cc1)C(=O)CN(c1cccc(Cl)c1)S(=O)(=O)c1ccc(C)cc1. The summed E-state index contributed by atoms with van der Waals surface area (Å²) in [6.07, 6.45) is 0.696. The Morgan fingerprint density at radius 1 is 1.00 bits per heavy atom. The molecule has 0 aliphatic carbocycles. The van der Waals surface area contributed by atoms with Crippen molar-refractivity contribution in [2.24, 2.45) is 0 Å². The van der Waals surface area contributed by atoms with Gasteiger partial charge in [0, 0.05) is 17.6 Å². The van der Waals surface area contributed by atoms with Gasteiger partial charge in [0.25, 0.3) is 10.0 Å². The monoisotopic (exact) mass is 573 g/mol. The normalized spacial score (nSPS) is 12.9. The fourth-order valence-corrected chi connectivity index (χ4v) is 5.42. The molecule has 0 unspecified atom stereocenters. The number of halogens is 2. The Morgan fingerprint density at radius 3 is 2.23 bits per heavy atom. The number of amides is 2. The fraction of sp³-hybridized carbons (Fsp3) is 0.310. The molecule has 0 saturated heterocycles. The lowest BCUT2D eigenvalue weighted by atomic mass is 10.1. The summed E-state index contributed by atoms with van der Waals surface area (Å²) in [6.45, 7) is 6.59. The van der Waals surface area contributed by atoms with Crippen molar-refractivity contribution in [1.82, 2.24) is 10.2 Å². The molecule has 0 aliphatic heterocycles. The van der Waals surface area contributed by atoms with E-state index in [9.17, 15) is 22.4 Å². The van der Waals surface area contributed by atoms with Crippen LogP contribution in [0.25, 0.3) is 0 Å². The number of hydrogen-bond acceptors (Lipinski definition) is 4. The number of anilines is 1. The topological polar surface area (TPSA) is 86.8 Å². The summed E-state index contributed by atoms with van der Waals surface area (Å²) in [4.78, 5) is 28.2. The average molecular weight is 574 g/mol. The van der Waals surface area contributed by atoms with E-state index in [4.69, 9.17) is 11.6 Å². The maximum absolute atomic E-state index is 13.8. The van der Waals surface area contributed by atoms with Crippen molar-refractivity contribution < 1.29 is 22.4 Å². The van der Waals surface area contributed by atoms with Gasteiger partial charge >= 0.3 is 0 Å². The van der Waals surface area contributed by atoms with Crippen molar-refractivity contribution in [1.29, 1.82) is 0 Å². The van der Waals surface area contributed by atoms with Gasteiger partial charge in [-0.1, -0.05) is 54.4 Å². The van der Waals surface area contributed by atoms with Crippen LogP contribution in [0.3, 0.4) is 0 Å². The molecular weight excluding hydrogens is 541 g/mol. The van der Waals surface area contributed by atoms with Gasteiger partial charge in [-0.15, -0.1) is 0 Å². The van der Waals surface area contributed by atoms with Crippen LogP contribution in [-0.4, -0.2) is 43.8 Å². The molecular formula is C29H33ClFN3O4S. The van der Waals surface area contributed by atoms with E-state index in [-0.39, 0.29) is 29.1 Å². The molecule has 3 aromatic rings. The van der Waals surface area contributed by atoms with E-state index in [2.05, 4.69) is 5.32 Å². The highest BCUT2D eigenvalue weighted by molar-refractivity contribution is 7.92. The number of carbonyl (C=O) groups is 2. The lowest BCUT2D eigenvalue weighted by molar-refractivity contribution is -0.139. The first kappa shape index (κ1) is 30.1. The van der Waals surface area contributed by atoms with Crippen LogP contribution in [0.5, 0.6) is 0 Å². The quantitative estimate of drug-likeness (QED) is 0.337. The largest absolute Gasteiger partial charge is 0.352 e. The zero-order valence-corrected chi connectivity index (χ0v) is 24.0. The summed E-state index contributed by atoms with van der Waals surface area (Å²) in [5.74, 6) is -1.42. The van der Waals surface area contributed by atoms with E-state index >= 15 is 0 Å². The highest BCUT2D eigenvalue weighted by Gasteiger charge is 2.32. The van der Waals surface area contributed by atoms with Gasteiger partial charge in [-0.25, -0.2) is 12.8 Å². The number of hydrogen-bond donors (Lipinski definition) is 1. The molecule has 39 heavy (non-hydrogen) atoms. The third-order valence-corrected chi connectivity index (χ3v) is 8.44. The number of nitrogens with one attached hydrogen (secondary N) is 1. The van der Waals surface area contributed by atoms with Crippen LogP contribution in [0.15, 0.2) is 77.7 Å². The summed E-state index contributed by atoms with van der Waals surface area (Å²) in [7, 11) is -4.19. The molecule has 0 fully saturated rings. The molecule has 0 spiro atoms. The minimum Gasteiger partial charge on any atom is -0.352 e. The highest BCUT2D eigenvalue weighted by atomic mass is 35.5. The van der Waals surface area contributed by atoms with Crippen molar-refractivity contribution in [2.45, 2.75) is 57.6 Å². The van der Waals surface area contributed by atoms with Gasteiger partial charge in [-0.3, -0.25) is 13.9 Å². The first-order valence-corrected chi connectivity index (χ1v) is 14.4. The Morgan fingerprint density at radius 2 is 1.64 bits per heavy atom. The summed E-state index contributed by atoms with van der Waals surface area (Å²) < 4.78 is 42.1. The van der Waals surface area contributed by atoms with E-state index in [1.54, 1.807) is 37.3 Å². The molecule has 3 aromatic carbocycles. The average Bonchev–Trinajstić information content (AvgIpc) is 2.90. The lowest BCUT2D eigenvalue weighted by Gasteiger charge is -2.32. The van der Waals surface area contributed by atoms with E-state index in [0.29, 0.717) is 17.0 Å². The van der Waals surface area contributed by atoms with Crippen LogP contribution in [0.4, 0.5) is 10.1 Å². The van der Waals surface area contributed by atoms with Gasteiger partial charge < -0.3 is 10.2 Å². The highest BCUT2D eigenvalue weighted by Crippen LogP contribution is 2.27. The Bertz CT molecular complexity index is 1400. The third kappa shape index (κ3) is 7.80. The van der Waals surface area contributed by atoms with Crippen LogP contribution in [-0.2, 0) is 26.2 Å². The Labute approximate surface area is 234 Å². The van der Waals surface area contributed by atoms with Gasteiger partial charge in [0.15, 0.2) is 0 Å². The molecule has 0 radical (unpaired) electrons. The second-order valence-corrected chi connectivity index (χ2v) is 11.7. The molecule has 10 heteroatoms. The van der Waals surface area contributed by atoms with E-state index in [0.717, 1.165) is 9.87 Å². The summed E-state index contributed by atoms with van der Waals surface area (Å²) >= 11 is 6.18. The number of benzene rings is 3. The second kappa shape index (κ2) is 13.1. The van der Waals surface area contributed by atoms with Gasteiger partial charge in [0.2, 0.25) is 11.8 Å². The van der Waals surface area contributed by atoms with Gasteiger partial charge in [0.1, 0.15) is 18.4 Å². The van der Waals surface area contributed by atoms with E-state index in [1.807, 2.05) is 20.8 Å². The molecule has 2 atom stereocenters. The maximum atomic E-state index is 13.8. The zero-order chi connectivity index (χ0) is 28.7. The Hall–Kier alpha value is -3.43. The van der Waals surface area contributed by atoms with Gasteiger partial charge in [0.05, 0.1) is 10.6 Å². The van der Waals surface area contributed by atoms with Crippen LogP contribution >= 0.6 is 11.6 Å². The van der Waals surface area contributed by atoms with Crippen LogP contribution < -0.4 is 9.62 Å². The summed E-state index contributed by atoms with van der Waals surface area (Å²) in [5, 5.41) is 3.17. The van der Waals surface area contributed by atoms with Crippen molar-refractivity contribution >= 4 is 39.1 Å². The Kier molecular flexibility index (Phi) is 10.1. The fourth-order valence-electron chi connectivity index (χ4n) is 3.83. The first-order chi connectivity index (χ1) is 18.4. The molecule has 1 N–H and O–H groups in total. The predicted octanol–water partition coefficient (Wildman–Crippen LogP) is 5.31. The predicted molar refractivity (Wildman–Crippen MR) is 151 cm³/mol. The Balaban J connectivity index is 2.02. The smallest absolute Gasteiger partial charge is 0.264 e. The maximum Gasteiger partial charge on any atom is 0.264 e. The van der Waals surface area contributed by atoms with E-state index in [1.165, 1.54) is 47.4 Å². The van der Waals surface area contributed by atoms with Crippen molar-refractivity contribution in [2.75, 3.05) is 10.8 Å². The summed E-state index contributed by atoms with van der Waals surface area (Å²) in [5.41, 5.74) is 1.67. The number of carbonyl (C=O) groups excluding carboxylic acids is 2. The number of sulfonamides is 1. The van der Waals surface area contributed by atoms with Crippen LogP contribution in [0.1, 0.15) is 38.3 Å². The molecule has 3 rings (SSSR count). The first-order valence-electron chi connectivity index (χ1n) is 12.6. The number of nitrogens with zero attached hydrogens (tertiary/aromatic N) is 2. The minimum atomic E-state index is -4.19. The molecule has 0 bridgehead atoms. The summed E-state index contributed by atoms with van der Waals surface area (Å²) in [6, 6.07) is 17.0. The zero-order valence-electron chi connectivity index (χ0n) is 22.4. The molecule has 0 aromatic heterocycles. The molecule has 2 amide bonds. The molecule has 0 heterocycles. The number of aryl methyl sites for hydroxylation is 1. The second-order valence-electron chi connectivity index (χ2n) is 9.45. The molecule has 7 nitrogen and oxygen atoms in total. The van der Waals surface area contributed by atoms with E-state index < -0.39 is 34.3 Å². The van der Waals surface area contributed by atoms with Crippen molar-refractivity contribution in [3.63, 3.8) is 0 Å². The third-order valence-electron chi connectivity index (χ3n) is 6.42. The van der Waals surface area contributed by atoms with Gasteiger partial charge in [-0.05, 0) is 75.2 Å². The molecule has 0 aliphatic rings. The minimum absolute atomic E-state index is 0.00789. The molecule has 208 valence electrons. The van der Waals surface area contributed by atoms with Gasteiger partial charge in [-0.2, -0.15) is 0 Å². The van der Waals surface area contributed by atoms with Crippen LogP contribution in [0.2, 0.25) is 5.02 Å². The van der Waals surface area contributed by atoms with Crippen LogP contribution in [0, 0.1) is 12.7 Å². The standard InChI is InChI=1S/C29H33ClFN3O4S/c1-5-21(3)32-29(36)22(4)33(18-23-11-13-25(31)14-12-23)28(35)19-34(26-8-6-7-24(30)17-26)39(37,38)27-15-9-20(2)10-16-27/h6-17,21-22H,5,18-19H2,1-4H3,(H,32,36)/t21-,22-/m0/s1. The lowest BCUT2D eigenvalue weighted by Crippen LogP contribution is -2.52. The van der Waals surface area contributed by atoms with Crippen molar-refractivity contribution in [3.8, 4) is 0 Å².